The van der Waals surface area contributed by atoms with Crippen molar-refractivity contribution in [3.05, 3.63) is 63.7 Å². The van der Waals surface area contributed by atoms with E-state index >= 15 is 0 Å². The van der Waals surface area contributed by atoms with E-state index < -0.39 is 32.2 Å². The predicted molar refractivity (Wildman–Crippen MR) is 82.0 cm³/mol. The fourth-order valence-electron chi connectivity index (χ4n) is 1.92. The molecule has 0 amide bonds. The van der Waals surface area contributed by atoms with Gasteiger partial charge in [-0.05, 0) is 25.1 Å². The van der Waals surface area contributed by atoms with Gasteiger partial charge in [-0.2, -0.15) is 0 Å². The number of hydrogen-bond donors (Lipinski definition) is 2. The lowest BCUT2D eigenvalue weighted by atomic mass is 10.1. The van der Waals surface area contributed by atoms with Crippen LogP contribution in [0.4, 0.5) is 11.4 Å². The van der Waals surface area contributed by atoms with E-state index in [1.165, 1.54) is 18.2 Å². The fourth-order valence-corrected chi connectivity index (χ4v) is 3.00. The van der Waals surface area contributed by atoms with Gasteiger partial charge in [0.15, 0.2) is 5.56 Å². The van der Waals surface area contributed by atoms with Crippen LogP contribution in [-0.2, 0) is 10.0 Å². The van der Waals surface area contributed by atoms with Crippen LogP contribution in [0.25, 0.3) is 0 Å². The van der Waals surface area contributed by atoms with E-state index in [1.807, 2.05) is 0 Å². The highest BCUT2D eigenvalue weighted by Crippen LogP contribution is 2.28. The largest absolute Gasteiger partial charge is 0.477 e. The maximum atomic E-state index is 12.3. The van der Waals surface area contributed by atoms with Crippen LogP contribution in [-0.4, -0.2) is 24.4 Å². The number of rotatable bonds is 5. The molecule has 9 heteroatoms. The van der Waals surface area contributed by atoms with Gasteiger partial charge in [0.1, 0.15) is 0 Å². The lowest BCUT2D eigenvalue weighted by Crippen LogP contribution is -2.16. The first-order valence-electron chi connectivity index (χ1n) is 6.32. The summed E-state index contributed by atoms with van der Waals surface area (Å²) in [6.45, 7) is 1.78. The minimum Gasteiger partial charge on any atom is -0.477 e. The van der Waals surface area contributed by atoms with Crippen molar-refractivity contribution in [2.45, 2.75) is 11.8 Å². The van der Waals surface area contributed by atoms with Crippen LogP contribution in [0.1, 0.15) is 15.9 Å². The highest BCUT2D eigenvalue weighted by Gasteiger charge is 2.26. The van der Waals surface area contributed by atoms with Gasteiger partial charge in [0.2, 0.25) is 0 Å². The van der Waals surface area contributed by atoms with Crippen molar-refractivity contribution in [3.8, 4) is 0 Å². The third-order valence-electron chi connectivity index (χ3n) is 3.03. The molecular formula is C14H12N2O6S. The summed E-state index contributed by atoms with van der Waals surface area (Å²) in [5.41, 5.74) is -0.924. The van der Waals surface area contributed by atoms with Crippen molar-refractivity contribution < 1.29 is 23.2 Å². The molecule has 0 saturated heterocycles. The van der Waals surface area contributed by atoms with Gasteiger partial charge < -0.3 is 5.11 Å². The lowest BCUT2D eigenvalue weighted by molar-refractivity contribution is -0.385. The van der Waals surface area contributed by atoms with Gasteiger partial charge in [-0.25, -0.2) is 13.2 Å². The Morgan fingerprint density at radius 1 is 1.17 bits per heavy atom. The Morgan fingerprint density at radius 2 is 1.78 bits per heavy atom. The van der Waals surface area contributed by atoms with Crippen molar-refractivity contribution in [2.24, 2.45) is 0 Å². The lowest BCUT2D eigenvalue weighted by Gasteiger charge is -2.11. The smallest absolute Gasteiger partial charge is 0.344 e. The number of sulfonamides is 1. The molecule has 0 unspecified atom stereocenters. The molecule has 0 aliphatic rings. The van der Waals surface area contributed by atoms with Gasteiger partial charge in [0.25, 0.3) is 15.7 Å². The maximum absolute atomic E-state index is 12.3. The molecule has 120 valence electrons. The summed E-state index contributed by atoms with van der Waals surface area (Å²) >= 11 is 0. The molecule has 0 aromatic heterocycles. The molecule has 0 fully saturated rings. The second-order valence-electron chi connectivity index (χ2n) is 4.68. The number of hydrogen-bond acceptors (Lipinski definition) is 5. The Kier molecular flexibility index (Phi) is 4.32. The molecule has 0 radical (unpaired) electrons. The van der Waals surface area contributed by atoms with Crippen LogP contribution in [0.15, 0.2) is 47.4 Å². The van der Waals surface area contributed by atoms with E-state index in [4.69, 9.17) is 5.11 Å². The minimum atomic E-state index is -4.06. The van der Waals surface area contributed by atoms with E-state index in [2.05, 4.69) is 4.72 Å². The topological polar surface area (TPSA) is 127 Å². The Balaban J connectivity index is 2.51. The minimum absolute atomic E-state index is 0.0778. The van der Waals surface area contributed by atoms with Crippen LogP contribution >= 0.6 is 0 Å². The number of benzene rings is 2. The monoisotopic (exact) mass is 336 g/mol. The number of nitrogens with zero attached hydrogens (tertiary/aromatic N) is 1. The summed E-state index contributed by atoms with van der Waals surface area (Å²) in [5, 5.41) is 20.1. The highest BCUT2D eigenvalue weighted by molar-refractivity contribution is 7.92. The third kappa shape index (κ3) is 3.46. The molecule has 0 atom stereocenters. The molecule has 23 heavy (non-hydrogen) atoms. The van der Waals surface area contributed by atoms with Crippen LogP contribution in [0.5, 0.6) is 0 Å². The first-order valence-corrected chi connectivity index (χ1v) is 7.81. The highest BCUT2D eigenvalue weighted by atomic mass is 32.2. The average Bonchev–Trinajstić information content (AvgIpc) is 2.46. The summed E-state index contributed by atoms with van der Waals surface area (Å²) < 4.78 is 26.7. The molecule has 2 aromatic rings. The Hall–Kier alpha value is -2.94. The van der Waals surface area contributed by atoms with Gasteiger partial charge in [-0.3, -0.25) is 14.8 Å². The first-order chi connectivity index (χ1) is 10.7. The number of nitro benzene ring substituents is 1. The van der Waals surface area contributed by atoms with Gasteiger partial charge in [0, 0.05) is 6.07 Å². The van der Waals surface area contributed by atoms with E-state index in [0.717, 1.165) is 17.7 Å². The van der Waals surface area contributed by atoms with Crippen molar-refractivity contribution in [3.63, 3.8) is 0 Å². The quantitative estimate of drug-likeness (QED) is 0.637. The molecule has 8 nitrogen and oxygen atoms in total. The number of carboxylic acids is 1. The number of nitrogens with one attached hydrogen (secondary N) is 1. The molecule has 0 saturated carbocycles. The predicted octanol–water partition coefficient (Wildman–Crippen LogP) is 2.40. The summed E-state index contributed by atoms with van der Waals surface area (Å²) in [5.74, 6) is -1.60. The fraction of sp³-hybridized carbons (Fsp3) is 0.0714. The zero-order valence-corrected chi connectivity index (χ0v) is 12.7. The Bertz CT molecular complexity index is 875. The van der Waals surface area contributed by atoms with Crippen LogP contribution in [0.3, 0.4) is 0 Å². The molecule has 0 bridgehead atoms. The molecule has 0 heterocycles. The number of anilines is 1. The first kappa shape index (κ1) is 16.4. The van der Waals surface area contributed by atoms with Gasteiger partial charge in [-0.15, -0.1) is 0 Å². The molecular weight excluding hydrogens is 324 g/mol. The SMILES string of the molecule is Cc1ccc(S(=O)(=O)Nc2cccc([N+](=O)[O-])c2C(=O)O)cc1. The summed E-state index contributed by atoms with van der Waals surface area (Å²) in [6.07, 6.45) is 0. The zero-order chi connectivity index (χ0) is 17.2. The normalized spacial score (nSPS) is 11.0. The van der Waals surface area contributed by atoms with E-state index in [1.54, 1.807) is 19.1 Å². The van der Waals surface area contributed by atoms with Crippen molar-refractivity contribution in [1.29, 1.82) is 0 Å². The van der Waals surface area contributed by atoms with Crippen LogP contribution in [0, 0.1) is 17.0 Å². The number of carbonyl (C=O) groups is 1. The molecule has 2 N–H and O–H groups in total. The summed E-state index contributed by atoms with van der Waals surface area (Å²) in [7, 11) is -4.06. The van der Waals surface area contributed by atoms with Gasteiger partial charge >= 0.3 is 5.97 Å². The number of aryl methyl sites for hydroxylation is 1. The summed E-state index contributed by atoms with van der Waals surface area (Å²) in [4.78, 5) is 21.2. The third-order valence-corrected chi connectivity index (χ3v) is 4.41. The number of aromatic carboxylic acids is 1. The van der Waals surface area contributed by atoms with Gasteiger partial charge in [0.05, 0.1) is 15.5 Å². The van der Waals surface area contributed by atoms with Gasteiger partial charge in [-0.1, -0.05) is 23.8 Å². The van der Waals surface area contributed by atoms with Crippen LogP contribution in [0.2, 0.25) is 0 Å². The average molecular weight is 336 g/mol. The standard InChI is InChI=1S/C14H12N2O6S/c1-9-5-7-10(8-6-9)23(21,22)15-11-3-2-4-12(16(19)20)13(11)14(17)18/h2-8,15H,1H3,(H,17,18). The van der Waals surface area contributed by atoms with E-state index in [-0.39, 0.29) is 10.6 Å². The Labute approximate surface area is 131 Å². The molecule has 2 rings (SSSR count). The molecule has 0 aliphatic heterocycles. The second-order valence-corrected chi connectivity index (χ2v) is 6.36. The number of carboxylic acid groups (broad SMARTS) is 1. The molecule has 2 aromatic carbocycles. The summed E-state index contributed by atoms with van der Waals surface area (Å²) in [6, 6.07) is 9.23. The van der Waals surface area contributed by atoms with Crippen molar-refractivity contribution in [2.75, 3.05) is 4.72 Å². The number of nitro groups is 1. The second kappa shape index (κ2) is 6.05. The maximum Gasteiger partial charge on any atom is 0.344 e. The molecule has 0 spiro atoms. The van der Waals surface area contributed by atoms with E-state index in [9.17, 15) is 23.3 Å². The molecule has 0 aliphatic carbocycles. The van der Waals surface area contributed by atoms with Crippen molar-refractivity contribution in [1.82, 2.24) is 0 Å². The zero-order valence-electron chi connectivity index (χ0n) is 11.9. The van der Waals surface area contributed by atoms with Crippen LogP contribution < -0.4 is 4.72 Å². The van der Waals surface area contributed by atoms with E-state index in [0.29, 0.717) is 0 Å². The Morgan fingerprint density at radius 3 is 2.30 bits per heavy atom. The van der Waals surface area contributed by atoms with Crippen molar-refractivity contribution >= 4 is 27.4 Å².